The largest absolute Gasteiger partial charge is 0.454 e. The van der Waals surface area contributed by atoms with Crippen molar-refractivity contribution in [3.05, 3.63) is 77.4 Å². The fourth-order valence-corrected chi connectivity index (χ4v) is 3.42. The SMILES string of the molecule is CC(C)(C)C(=O)COC(=O)c1ccc2c(c1)C(=O)N(c1cccc3ccccc13)C2=O. The smallest absolute Gasteiger partial charge is 0.338 e. The van der Waals surface area contributed by atoms with Gasteiger partial charge in [-0.2, -0.15) is 0 Å². The van der Waals surface area contributed by atoms with Crippen molar-refractivity contribution < 1.29 is 23.9 Å². The van der Waals surface area contributed by atoms with E-state index in [4.69, 9.17) is 4.74 Å². The van der Waals surface area contributed by atoms with Crippen molar-refractivity contribution in [1.29, 1.82) is 0 Å². The number of Topliss-reactive ketones (excluding diaryl/α,β-unsaturated/α-hetero) is 1. The molecule has 3 aromatic carbocycles. The van der Waals surface area contributed by atoms with Gasteiger partial charge in [-0.05, 0) is 29.7 Å². The number of hydrogen-bond donors (Lipinski definition) is 0. The number of nitrogens with zero attached hydrogens (tertiary/aromatic N) is 1. The standard InChI is InChI=1S/C25H21NO5/c1-25(2,3)21(27)14-31-24(30)16-11-12-18-19(13-16)23(29)26(22(18)28)20-10-6-8-15-7-4-5-9-17(15)20/h4-13H,14H2,1-3H3. The number of ketones is 1. The van der Waals surface area contributed by atoms with Crippen molar-refractivity contribution >= 4 is 40.0 Å². The summed E-state index contributed by atoms with van der Waals surface area (Å²) < 4.78 is 5.11. The molecule has 2 amide bonds. The van der Waals surface area contributed by atoms with Gasteiger partial charge in [-0.3, -0.25) is 14.4 Å². The normalized spacial score (nSPS) is 13.5. The molecule has 4 rings (SSSR count). The Bertz CT molecular complexity index is 1250. The van der Waals surface area contributed by atoms with Gasteiger partial charge in [0.05, 0.1) is 22.4 Å². The van der Waals surface area contributed by atoms with E-state index < -0.39 is 23.2 Å². The number of esters is 1. The van der Waals surface area contributed by atoms with E-state index in [1.807, 2.05) is 30.3 Å². The maximum absolute atomic E-state index is 13.1. The lowest BCUT2D eigenvalue weighted by Gasteiger charge is -2.16. The van der Waals surface area contributed by atoms with Gasteiger partial charge in [0, 0.05) is 10.8 Å². The van der Waals surface area contributed by atoms with E-state index in [2.05, 4.69) is 0 Å². The van der Waals surface area contributed by atoms with Crippen molar-refractivity contribution in [3.63, 3.8) is 0 Å². The van der Waals surface area contributed by atoms with Crippen LogP contribution in [0.15, 0.2) is 60.7 Å². The van der Waals surface area contributed by atoms with Gasteiger partial charge in [-0.1, -0.05) is 57.2 Å². The minimum atomic E-state index is -0.718. The molecule has 3 aromatic rings. The first kappa shape index (κ1) is 20.5. The van der Waals surface area contributed by atoms with Crippen molar-refractivity contribution in [2.24, 2.45) is 5.41 Å². The summed E-state index contributed by atoms with van der Waals surface area (Å²) in [4.78, 5) is 51.7. The van der Waals surface area contributed by atoms with E-state index in [0.29, 0.717) is 5.69 Å². The molecule has 0 unspecified atom stereocenters. The third kappa shape index (κ3) is 3.61. The third-order valence-electron chi connectivity index (χ3n) is 5.30. The van der Waals surface area contributed by atoms with Crippen LogP contribution < -0.4 is 4.90 Å². The van der Waals surface area contributed by atoms with Crippen LogP contribution in [0.5, 0.6) is 0 Å². The Labute approximate surface area is 179 Å². The Kier molecular flexibility index (Phi) is 4.93. The molecular formula is C25H21NO5. The second-order valence-corrected chi connectivity index (χ2v) is 8.45. The van der Waals surface area contributed by atoms with E-state index in [0.717, 1.165) is 15.7 Å². The number of benzene rings is 3. The fraction of sp³-hybridized carbons (Fsp3) is 0.200. The molecule has 0 aromatic heterocycles. The number of carbonyl (C=O) groups excluding carboxylic acids is 4. The number of imide groups is 1. The second kappa shape index (κ2) is 7.47. The lowest BCUT2D eigenvalue weighted by Crippen LogP contribution is -2.29. The maximum Gasteiger partial charge on any atom is 0.338 e. The van der Waals surface area contributed by atoms with Crippen LogP contribution in [0.3, 0.4) is 0 Å². The molecule has 156 valence electrons. The van der Waals surface area contributed by atoms with Crippen LogP contribution in [0.1, 0.15) is 51.8 Å². The number of ether oxygens (including phenoxy) is 1. The molecule has 1 aliphatic rings. The topological polar surface area (TPSA) is 80.8 Å². The van der Waals surface area contributed by atoms with E-state index >= 15 is 0 Å². The van der Waals surface area contributed by atoms with Gasteiger partial charge in [0.1, 0.15) is 0 Å². The van der Waals surface area contributed by atoms with Crippen LogP contribution in [0.2, 0.25) is 0 Å². The van der Waals surface area contributed by atoms with Gasteiger partial charge < -0.3 is 4.74 Å². The zero-order valence-corrected chi connectivity index (χ0v) is 17.5. The monoisotopic (exact) mass is 415 g/mol. The minimum absolute atomic E-state index is 0.112. The molecule has 0 radical (unpaired) electrons. The average molecular weight is 415 g/mol. The highest BCUT2D eigenvalue weighted by Gasteiger charge is 2.38. The summed E-state index contributed by atoms with van der Waals surface area (Å²) in [7, 11) is 0. The number of carbonyl (C=O) groups is 4. The van der Waals surface area contributed by atoms with Crippen LogP contribution in [0, 0.1) is 5.41 Å². The van der Waals surface area contributed by atoms with Gasteiger partial charge in [-0.25, -0.2) is 9.69 Å². The molecular weight excluding hydrogens is 394 g/mol. The predicted molar refractivity (Wildman–Crippen MR) is 116 cm³/mol. The van der Waals surface area contributed by atoms with Gasteiger partial charge in [0.15, 0.2) is 12.4 Å². The Hall–Kier alpha value is -3.80. The highest BCUT2D eigenvalue weighted by Crippen LogP contribution is 2.34. The molecule has 0 saturated heterocycles. The number of rotatable bonds is 4. The van der Waals surface area contributed by atoms with Gasteiger partial charge in [-0.15, -0.1) is 0 Å². The molecule has 6 nitrogen and oxygen atoms in total. The minimum Gasteiger partial charge on any atom is -0.454 e. The van der Waals surface area contributed by atoms with Crippen molar-refractivity contribution in [2.45, 2.75) is 20.8 Å². The summed E-state index contributed by atoms with van der Waals surface area (Å²) in [5.74, 6) is -1.88. The zero-order valence-electron chi connectivity index (χ0n) is 17.5. The summed E-state index contributed by atoms with van der Waals surface area (Å²) in [5.41, 5.74) is 0.333. The number of fused-ring (bicyclic) bond motifs is 2. The molecule has 0 N–H and O–H groups in total. The van der Waals surface area contributed by atoms with E-state index in [1.165, 1.54) is 18.2 Å². The first-order valence-electron chi connectivity index (χ1n) is 9.89. The van der Waals surface area contributed by atoms with E-state index in [9.17, 15) is 19.2 Å². The Morgan fingerprint density at radius 2 is 1.55 bits per heavy atom. The van der Waals surface area contributed by atoms with E-state index in [-0.39, 0.29) is 29.1 Å². The predicted octanol–water partition coefficient (Wildman–Crippen LogP) is 4.41. The maximum atomic E-state index is 13.1. The van der Waals surface area contributed by atoms with Crippen molar-refractivity contribution in [3.8, 4) is 0 Å². The number of amides is 2. The van der Waals surface area contributed by atoms with Crippen molar-refractivity contribution in [2.75, 3.05) is 11.5 Å². The summed E-state index contributed by atoms with van der Waals surface area (Å²) in [6, 6.07) is 17.1. The molecule has 1 heterocycles. The van der Waals surface area contributed by atoms with Crippen LogP contribution in [-0.2, 0) is 9.53 Å². The summed E-state index contributed by atoms with van der Waals surface area (Å²) >= 11 is 0. The highest BCUT2D eigenvalue weighted by molar-refractivity contribution is 6.36. The van der Waals surface area contributed by atoms with E-state index in [1.54, 1.807) is 32.9 Å². The van der Waals surface area contributed by atoms with Crippen LogP contribution in [0.25, 0.3) is 10.8 Å². The zero-order chi connectivity index (χ0) is 22.3. The van der Waals surface area contributed by atoms with Crippen molar-refractivity contribution in [1.82, 2.24) is 0 Å². The molecule has 0 bridgehead atoms. The highest BCUT2D eigenvalue weighted by atomic mass is 16.5. The summed E-state index contributed by atoms with van der Waals surface area (Å²) in [6.07, 6.45) is 0. The third-order valence-corrected chi connectivity index (χ3v) is 5.30. The number of anilines is 1. The first-order valence-corrected chi connectivity index (χ1v) is 9.89. The van der Waals surface area contributed by atoms with Gasteiger partial charge in [0.2, 0.25) is 0 Å². The molecule has 0 atom stereocenters. The molecule has 6 heteroatoms. The molecule has 0 aliphatic carbocycles. The Balaban J connectivity index is 1.63. The van der Waals surface area contributed by atoms with Crippen LogP contribution in [0.4, 0.5) is 5.69 Å². The van der Waals surface area contributed by atoms with Crippen LogP contribution in [-0.4, -0.2) is 30.2 Å². The molecule has 31 heavy (non-hydrogen) atoms. The molecule has 1 aliphatic heterocycles. The molecule has 0 fully saturated rings. The first-order chi connectivity index (χ1) is 14.7. The second-order valence-electron chi connectivity index (χ2n) is 8.45. The molecule has 0 saturated carbocycles. The summed E-state index contributed by atoms with van der Waals surface area (Å²) in [6.45, 7) is 4.87. The average Bonchev–Trinajstić information content (AvgIpc) is 3.00. The van der Waals surface area contributed by atoms with Gasteiger partial charge >= 0.3 is 5.97 Å². The summed E-state index contributed by atoms with van der Waals surface area (Å²) in [5, 5.41) is 1.68. The number of hydrogen-bond acceptors (Lipinski definition) is 5. The Morgan fingerprint density at radius 1 is 0.871 bits per heavy atom. The molecule has 0 spiro atoms. The van der Waals surface area contributed by atoms with Crippen LogP contribution >= 0.6 is 0 Å². The lowest BCUT2D eigenvalue weighted by atomic mass is 9.91. The lowest BCUT2D eigenvalue weighted by molar-refractivity contribution is -0.129. The fourth-order valence-electron chi connectivity index (χ4n) is 3.42. The quantitative estimate of drug-likeness (QED) is 0.466. The Morgan fingerprint density at radius 3 is 2.29 bits per heavy atom. The van der Waals surface area contributed by atoms with Gasteiger partial charge in [0.25, 0.3) is 11.8 Å².